The van der Waals surface area contributed by atoms with Gasteiger partial charge in [-0.25, -0.2) is 9.78 Å². The fourth-order valence-corrected chi connectivity index (χ4v) is 3.22. The number of fused-ring (bicyclic) bond motifs is 2. The van der Waals surface area contributed by atoms with Gasteiger partial charge in [-0.3, -0.25) is 14.2 Å². The van der Waals surface area contributed by atoms with Gasteiger partial charge in [0.2, 0.25) is 0 Å². The zero-order valence-corrected chi connectivity index (χ0v) is 11.7. The number of benzene rings is 1. The van der Waals surface area contributed by atoms with Gasteiger partial charge in [-0.1, -0.05) is 6.07 Å². The summed E-state index contributed by atoms with van der Waals surface area (Å²) in [6, 6.07) is 5.25. The lowest BCUT2D eigenvalue weighted by Crippen LogP contribution is -1.92. The maximum Gasteiger partial charge on any atom is 0.417 e. The summed E-state index contributed by atoms with van der Waals surface area (Å²) in [5.41, 5.74) is 2.88. The molecule has 0 radical (unpaired) electrons. The summed E-state index contributed by atoms with van der Waals surface area (Å²) < 4.78 is 6.82. The Morgan fingerprint density at radius 1 is 1.43 bits per heavy atom. The highest BCUT2D eigenvalue weighted by atomic mass is 32.1. The number of rotatable bonds is 2. The molecule has 0 aliphatic rings. The molecule has 7 heteroatoms. The van der Waals surface area contributed by atoms with E-state index in [1.165, 1.54) is 11.3 Å². The van der Waals surface area contributed by atoms with E-state index in [1.807, 2.05) is 13.1 Å². The summed E-state index contributed by atoms with van der Waals surface area (Å²) in [6.45, 7) is 1.97. The van der Waals surface area contributed by atoms with E-state index in [1.54, 1.807) is 22.6 Å². The first-order valence-corrected chi connectivity index (χ1v) is 7.04. The van der Waals surface area contributed by atoms with Crippen LogP contribution in [0.1, 0.15) is 15.4 Å². The van der Waals surface area contributed by atoms with Crippen LogP contribution in [-0.4, -0.2) is 20.7 Å². The number of carbonyl (C=O) groups is 1. The molecule has 0 bridgehead atoms. The van der Waals surface area contributed by atoms with Crippen molar-refractivity contribution < 1.29 is 9.21 Å². The fourth-order valence-electron chi connectivity index (χ4n) is 2.39. The quantitative estimate of drug-likeness (QED) is 0.577. The van der Waals surface area contributed by atoms with Crippen molar-refractivity contribution in [3.05, 3.63) is 45.5 Å². The van der Waals surface area contributed by atoms with Gasteiger partial charge in [-0.05, 0) is 19.1 Å². The van der Waals surface area contributed by atoms with Crippen LogP contribution < -0.4 is 5.76 Å². The van der Waals surface area contributed by atoms with Crippen LogP contribution in [0.2, 0.25) is 0 Å². The molecule has 21 heavy (non-hydrogen) atoms. The number of nitrogens with one attached hydrogen (secondary N) is 1. The van der Waals surface area contributed by atoms with E-state index < -0.39 is 5.76 Å². The van der Waals surface area contributed by atoms with Crippen LogP contribution in [0.3, 0.4) is 0 Å². The maximum absolute atomic E-state index is 11.4. The molecule has 1 N–H and O–H groups in total. The second-order valence-electron chi connectivity index (χ2n) is 4.68. The molecule has 0 aliphatic carbocycles. The predicted octanol–water partition coefficient (Wildman–Crippen LogP) is 2.62. The van der Waals surface area contributed by atoms with Gasteiger partial charge >= 0.3 is 5.76 Å². The van der Waals surface area contributed by atoms with Gasteiger partial charge in [-0.15, -0.1) is 11.3 Å². The van der Waals surface area contributed by atoms with Crippen LogP contribution >= 0.6 is 11.3 Å². The molecule has 0 aliphatic heterocycles. The average molecular weight is 299 g/mol. The zero-order valence-electron chi connectivity index (χ0n) is 10.9. The van der Waals surface area contributed by atoms with Crippen molar-refractivity contribution in [2.24, 2.45) is 0 Å². The van der Waals surface area contributed by atoms with Gasteiger partial charge in [0.05, 0.1) is 5.52 Å². The molecule has 3 aromatic heterocycles. The zero-order chi connectivity index (χ0) is 14.6. The van der Waals surface area contributed by atoms with Gasteiger partial charge in [0.25, 0.3) is 0 Å². The normalized spacial score (nSPS) is 11.5. The second kappa shape index (κ2) is 4.16. The molecule has 0 saturated heterocycles. The Morgan fingerprint density at radius 3 is 3.10 bits per heavy atom. The predicted molar refractivity (Wildman–Crippen MR) is 79.0 cm³/mol. The minimum atomic E-state index is -0.501. The number of aldehydes is 1. The minimum absolute atomic E-state index is 0.446. The van der Waals surface area contributed by atoms with Crippen LogP contribution in [0.25, 0.3) is 27.3 Å². The molecule has 0 fully saturated rings. The Bertz CT molecular complexity index is 1050. The van der Waals surface area contributed by atoms with E-state index in [4.69, 9.17) is 4.42 Å². The molecule has 0 atom stereocenters. The Labute approximate surface area is 121 Å². The molecule has 1 aromatic carbocycles. The molecular weight excluding hydrogens is 290 g/mol. The molecule has 0 amide bonds. The van der Waals surface area contributed by atoms with Crippen molar-refractivity contribution in [2.75, 3.05) is 0 Å². The summed E-state index contributed by atoms with van der Waals surface area (Å²) in [4.78, 5) is 31.6. The van der Waals surface area contributed by atoms with Crippen LogP contribution in [0, 0.1) is 6.92 Å². The molecule has 4 aromatic rings. The first kappa shape index (κ1) is 12.1. The van der Waals surface area contributed by atoms with Crippen LogP contribution in [0.5, 0.6) is 0 Å². The van der Waals surface area contributed by atoms with Crippen LogP contribution in [-0.2, 0) is 0 Å². The van der Waals surface area contributed by atoms with Gasteiger partial charge in [0, 0.05) is 16.6 Å². The van der Waals surface area contributed by atoms with E-state index >= 15 is 0 Å². The van der Waals surface area contributed by atoms with E-state index in [0.717, 1.165) is 21.7 Å². The molecule has 0 spiro atoms. The Kier molecular flexibility index (Phi) is 2.40. The smallest absolute Gasteiger partial charge is 0.408 e. The van der Waals surface area contributed by atoms with Crippen LogP contribution in [0.4, 0.5) is 0 Å². The second-order valence-corrected chi connectivity index (χ2v) is 5.90. The molecule has 0 unspecified atom stereocenters. The number of carbonyl (C=O) groups excluding carboxylic acids is 1. The summed E-state index contributed by atoms with van der Waals surface area (Å²) >= 11 is 1.52. The molecule has 104 valence electrons. The molecule has 0 saturated carbocycles. The number of aromatic amines is 1. The van der Waals surface area contributed by atoms with E-state index in [-0.39, 0.29) is 0 Å². The summed E-state index contributed by atoms with van der Waals surface area (Å²) in [5.74, 6) is -0.501. The lowest BCUT2D eigenvalue weighted by molar-refractivity contribution is 0.111. The number of imidazole rings is 1. The molecular formula is C14H9N3O3S. The van der Waals surface area contributed by atoms with Crippen LogP contribution in [0.15, 0.2) is 33.6 Å². The third-order valence-electron chi connectivity index (χ3n) is 3.28. The van der Waals surface area contributed by atoms with Crippen molar-refractivity contribution in [3.8, 4) is 11.3 Å². The number of H-pyrrole nitrogens is 1. The Morgan fingerprint density at radius 2 is 2.29 bits per heavy atom. The highest BCUT2D eigenvalue weighted by Crippen LogP contribution is 2.28. The number of aryl methyl sites for hydroxylation is 1. The number of oxazole rings is 1. The van der Waals surface area contributed by atoms with Crippen molar-refractivity contribution in [2.45, 2.75) is 6.92 Å². The SMILES string of the molecule is Cc1cn2c(C=O)c(-c3ccc4[nH]c(=O)oc4c3)nc2s1. The first-order chi connectivity index (χ1) is 10.2. The van der Waals surface area contributed by atoms with Crippen molar-refractivity contribution in [1.82, 2.24) is 14.4 Å². The monoisotopic (exact) mass is 299 g/mol. The average Bonchev–Trinajstić information content (AvgIpc) is 3.07. The van der Waals surface area contributed by atoms with E-state index in [9.17, 15) is 9.59 Å². The third kappa shape index (κ3) is 1.74. The Hall–Kier alpha value is -2.67. The topological polar surface area (TPSA) is 80.4 Å². The minimum Gasteiger partial charge on any atom is -0.408 e. The number of hydrogen-bond acceptors (Lipinski definition) is 5. The summed E-state index contributed by atoms with van der Waals surface area (Å²) in [5, 5.41) is 0. The van der Waals surface area contributed by atoms with Crippen molar-refractivity contribution in [1.29, 1.82) is 0 Å². The lowest BCUT2D eigenvalue weighted by atomic mass is 10.1. The summed E-state index contributed by atoms with van der Waals surface area (Å²) in [6.07, 6.45) is 2.67. The summed E-state index contributed by atoms with van der Waals surface area (Å²) in [7, 11) is 0. The van der Waals surface area contributed by atoms with Crippen molar-refractivity contribution in [3.63, 3.8) is 0 Å². The largest absolute Gasteiger partial charge is 0.417 e. The fraction of sp³-hybridized carbons (Fsp3) is 0.0714. The van der Waals surface area contributed by atoms with Crippen molar-refractivity contribution >= 4 is 33.7 Å². The molecule has 4 rings (SSSR count). The highest BCUT2D eigenvalue weighted by molar-refractivity contribution is 7.17. The van der Waals surface area contributed by atoms with Gasteiger partial charge in [-0.2, -0.15) is 0 Å². The van der Waals surface area contributed by atoms with Gasteiger partial charge < -0.3 is 4.42 Å². The standard InChI is InChI=1S/C14H9N3O3S/c1-7-5-17-10(6-18)12(16-13(17)21-7)8-2-3-9-11(4-8)20-14(19)15-9/h2-6H,1H3,(H,15,19). The Balaban J connectivity index is 2.00. The molecule has 3 heterocycles. The van der Waals surface area contributed by atoms with E-state index in [0.29, 0.717) is 22.5 Å². The van der Waals surface area contributed by atoms with E-state index in [2.05, 4.69) is 9.97 Å². The highest BCUT2D eigenvalue weighted by Gasteiger charge is 2.16. The number of thiazole rings is 1. The number of aromatic nitrogens is 3. The number of nitrogens with zero attached hydrogens (tertiary/aromatic N) is 2. The third-order valence-corrected chi connectivity index (χ3v) is 4.18. The molecule has 6 nitrogen and oxygen atoms in total. The maximum atomic E-state index is 11.4. The first-order valence-electron chi connectivity index (χ1n) is 6.22. The lowest BCUT2D eigenvalue weighted by Gasteiger charge is -1.98. The van der Waals surface area contributed by atoms with Gasteiger partial charge in [0.15, 0.2) is 16.8 Å². The number of hydrogen-bond donors (Lipinski definition) is 1. The van der Waals surface area contributed by atoms with Gasteiger partial charge in [0.1, 0.15) is 11.4 Å².